The lowest BCUT2D eigenvalue weighted by atomic mass is 9.87. The van der Waals surface area contributed by atoms with Crippen LogP contribution < -0.4 is 5.73 Å². The number of hydrogen-bond acceptors (Lipinski definition) is 4. The van der Waals surface area contributed by atoms with Crippen LogP contribution in [0.25, 0.3) is 0 Å². The maximum absolute atomic E-state index is 6.09. The van der Waals surface area contributed by atoms with Crippen LogP contribution in [0.4, 0.5) is 0 Å². The summed E-state index contributed by atoms with van der Waals surface area (Å²) >= 11 is 11.9. The van der Waals surface area contributed by atoms with Gasteiger partial charge in [-0.05, 0) is 23.1 Å². The second-order valence-electron chi connectivity index (χ2n) is 5.82. The number of nitrogens with zero attached hydrogens (tertiary/aromatic N) is 2. The monoisotopic (exact) mass is 313 g/mol. The van der Waals surface area contributed by atoms with Crippen molar-refractivity contribution in [2.75, 3.05) is 0 Å². The molecule has 0 saturated carbocycles. The number of halogens is 2. The molecule has 1 aromatic heterocycles. The summed E-state index contributed by atoms with van der Waals surface area (Å²) in [5.74, 6) is 1.03. The van der Waals surface area contributed by atoms with E-state index in [-0.39, 0.29) is 11.5 Å². The molecule has 4 nitrogen and oxygen atoms in total. The molecule has 2 aromatic rings. The van der Waals surface area contributed by atoms with E-state index in [0.29, 0.717) is 28.2 Å². The lowest BCUT2D eigenvalue weighted by Gasteiger charge is -2.23. The first-order valence-corrected chi connectivity index (χ1v) is 7.05. The van der Waals surface area contributed by atoms with Gasteiger partial charge in [0, 0.05) is 6.42 Å². The predicted molar refractivity (Wildman–Crippen MR) is 79.9 cm³/mol. The third-order valence-electron chi connectivity index (χ3n) is 3.03. The first kappa shape index (κ1) is 15.3. The van der Waals surface area contributed by atoms with Crippen molar-refractivity contribution in [3.8, 4) is 0 Å². The van der Waals surface area contributed by atoms with Crippen molar-refractivity contribution in [2.24, 2.45) is 11.1 Å². The lowest BCUT2D eigenvalue weighted by molar-refractivity contribution is 0.252. The number of rotatable bonds is 3. The highest BCUT2D eigenvalue weighted by atomic mass is 35.5. The third-order valence-corrected chi connectivity index (χ3v) is 3.77. The summed E-state index contributed by atoms with van der Waals surface area (Å²) in [6.07, 6.45) is 0.525. The molecular formula is C14H17Cl2N3O. The molecule has 0 spiro atoms. The van der Waals surface area contributed by atoms with Crippen LogP contribution in [0.3, 0.4) is 0 Å². The molecule has 0 unspecified atom stereocenters. The normalized spacial score (nSPS) is 13.5. The van der Waals surface area contributed by atoms with Crippen LogP contribution in [0, 0.1) is 5.41 Å². The fourth-order valence-corrected chi connectivity index (χ4v) is 1.99. The van der Waals surface area contributed by atoms with Crippen LogP contribution >= 0.6 is 23.2 Å². The van der Waals surface area contributed by atoms with E-state index in [1.165, 1.54) is 0 Å². The quantitative estimate of drug-likeness (QED) is 0.929. The summed E-state index contributed by atoms with van der Waals surface area (Å²) in [7, 11) is 0. The second kappa shape index (κ2) is 5.72. The second-order valence-corrected chi connectivity index (χ2v) is 6.63. The van der Waals surface area contributed by atoms with E-state index in [9.17, 15) is 0 Å². The average molecular weight is 314 g/mol. The Bertz CT molecular complexity index is 605. The van der Waals surface area contributed by atoms with E-state index < -0.39 is 0 Å². The molecule has 2 N–H and O–H groups in total. The van der Waals surface area contributed by atoms with Gasteiger partial charge in [-0.25, -0.2) is 0 Å². The summed E-state index contributed by atoms with van der Waals surface area (Å²) in [5, 5.41) is 5.00. The molecule has 0 aliphatic heterocycles. The molecule has 0 saturated heterocycles. The minimum atomic E-state index is -0.294. The van der Waals surface area contributed by atoms with E-state index in [4.69, 9.17) is 33.5 Å². The van der Waals surface area contributed by atoms with E-state index in [1.54, 1.807) is 12.1 Å². The van der Waals surface area contributed by atoms with Gasteiger partial charge in [0.25, 0.3) is 0 Å². The van der Waals surface area contributed by atoms with Gasteiger partial charge in [-0.2, -0.15) is 4.98 Å². The van der Waals surface area contributed by atoms with E-state index in [2.05, 4.69) is 10.1 Å². The van der Waals surface area contributed by atoms with Crippen molar-refractivity contribution >= 4 is 23.2 Å². The molecule has 6 heteroatoms. The van der Waals surface area contributed by atoms with E-state index in [0.717, 1.165) is 5.56 Å². The van der Waals surface area contributed by atoms with Gasteiger partial charge in [-0.15, -0.1) is 0 Å². The van der Waals surface area contributed by atoms with Gasteiger partial charge >= 0.3 is 0 Å². The summed E-state index contributed by atoms with van der Waals surface area (Å²) in [4.78, 5) is 4.35. The van der Waals surface area contributed by atoms with Gasteiger partial charge in [-0.1, -0.05) is 55.2 Å². The van der Waals surface area contributed by atoms with Crippen LogP contribution in [0.1, 0.15) is 44.1 Å². The van der Waals surface area contributed by atoms with Crippen LogP contribution in [0.2, 0.25) is 10.0 Å². The Kier molecular flexibility index (Phi) is 4.37. The van der Waals surface area contributed by atoms with Crippen molar-refractivity contribution in [1.29, 1.82) is 0 Å². The standard InChI is InChI=1S/C14H17Cl2N3O/c1-14(2,3)12(17)13-18-11(19-20-13)7-8-4-5-9(15)10(16)6-8/h4-6,12H,7,17H2,1-3H3/t12-/m1/s1. The Morgan fingerprint density at radius 3 is 2.55 bits per heavy atom. The molecule has 0 amide bonds. The zero-order chi connectivity index (χ0) is 14.9. The molecule has 1 atom stereocenters. The molecule has 0 fully saturated rings. The Morgan fingerprint density at radius 2 is 1.95 bits per heavy atom. The Labute approximate surface area is 128 Å². The maximum atomic E-state index is 6.09. The smallest absolute Gasteiger partial charge is 0.244 e. The number of aromatic nitrogens is 2. The Hall–Kier alpha value is -1.10. The highest BCUT2D eigenvalue weighted by Gasteiger charge is 2.27. The molecular weight excluding hydrogens is 297 g/mol. The predicted octanol–water partition coefficient (Wildman–Crippen LogP) is 4.01. The topological polar surface area (TPSA) is 64.9 Å². The molecule has 0 bridgehead atoms. The molecule has 0 aliphatic rings. The molecule has 2 rings (SSSR count). The lowest BCUT2D eigenvalue weighted by Crippen LogP contribution is -2.26. The van der Waals surface area contributed by atoms with Crippen molar-refractivity contribution in [3.05, 3.63) is 45.5 Å². The van der Waals surface area contributed by atoms with Crippen molar-refractivity contribution in [1.82, 2.24) is 10.1 Å². The fourth-order valence-electron chi connectivity index (χ4n) is 1.67. The number of hydrogen-bond donors (Lipinski definition) is 1. The first-order valence-electron chi connectivity index (χ1n) is 6.29. The van der Waals surface area contributed by atoms with Crippen LogP contribution in [-0.4, -0.2) is 10.1 Å². The molecule has 1 aromatic carbocycles. The highest BCUT2D eigenvalue weighted by Crippen LogP contribution is 2.29. The third kappa shape index (κ3) is 3.51. The zero-order valence-electron chi connectivity index (χ0n) is 11.7. The van der Waals surface area contributed by atoms with E-state index >= 15 is 0 Å². The summed E-state index contributed by atoms with van der Waals surface area (Å²) in [5.41, 5.74) is 6.92. The first-order chi connectivity index (χ1) is 9.27. The Morgan fingerprint density at radius 1 is 1.25 bits per heavy atom. The van der Waals surface area contributed by atoms with Crippen LogP contribution in [-0.2, 0) is 6.42 Å². The Balaban J connectivity index is 2.15. The van der Waals surface area contributed by atoms with Crippen molar-refractivity contribution < 1.29 is 4.52 Å². The highest BCUT2D eigenvalue weighted by molar-refractivity contribution is 6.42. The number of benzene rings is 1. The summed E-state index contributed by atoms with van der Waals surface area (Å²) < 4.78 is 5.23. The summed E-state index contributed by atoms with van der Waals surface area (Å²) in [6, 6.07) is 5.14. The minimum Gasteiger partial charge on any atom is -0.338 e. The SMILES string of the molecule is CC(C)(C)[C@H](N)c1nc(Cc2ccc(Cl)c(Cl)c2)no1. The maximum Gasteiger partial charge on any atom is 0.244 e. The van der Waals surface area contributed by atoms with E-state index in [1.807, 2.05) is 26.8 Å². The van der Waals surface area contributed by atoms with Gasteiger partial charge in [-0.3, -0.25) is 0 Å². The van der Waals surface area contributed by atoms with Gasteiger partial charge in [0.2, 0.25) is 5.89 Å². The molecule has 20 heavy (non-hydrogen) atoms. The van der Waals surface area contributed by atoms with Gasteiger partial charge in [0.05, 0.1) is 16.1 Å². The molecule has 0 aliphatic carbocycles. The summed E-state index contributed by atoms with van der Waals surface area (Å²) in [6.45, 7) is 6.08. The largest absolute Gasteiger partial charge is 0.338 e. The fraction of sp³-hybridized carbons (Fsp3) is 0.429. The molecule has 1 heterocycles. The molecule has 108 valence electrons. The van der Waals surface area contributed by atoms with Crippen LogP contribution in [0.5, 0.6) is 0 Å². The van der Waals surface area contributed by atoms with Crippen molar-refractivity contribution in [3.63, 3.8) is 0 Å². The van der Waals surface area contributed by atoms with Gasteiger partial charge in [0.15, 0.2) is 5.82 Å². The zero-order valence-corrected chi connectivity index (χ0v) is 13.2. The van der Waals surface area contributed by atoms with Crippen molar-refractivity contribution in [2.45, 2.75) is 33.2 Å². The average Bonchev–Trinajstić information content (AvgIpc) is 2.80. The number of nitrogens with two attached hydrogens (primary N) is 1. The van der Waals surface area contributed by atoms with Gasteiger partial charge < -0.3 is 10.3 Å². The van der Waals surface area contributed by atoms with Gasteiger partial charge in [0.1, 0.15) is 0 Å². The minimum absolute atomic E-state index is 0.132. The van der Waals surface area contributed by atoms with Crippen LogP contribution in [0.15, 0.2) is 22.7 Å². The molecule has 0 radical (unpaired) electrons.